The number of aromatic nitrogens is 3. The smallest absolute Gasteiger partial charge is 0.272 e. The molecule has 1 amide bonds. The van der Waals surface area contributed by atoms with Crippen LogP contribution in [0.25, 0.3) is 0 Å². The van der Waals surface area contributed by atoms with Gasteiger partial charge in [0.05, 0.1) is 0 Å². The highest BCUT2D eigenvalue weighted by molar-refractivity contribution is 9.10. The van der Waals surface area contributed by atoms with Gasteiger partial charge < -0.3 is 5.73 Å². The summed E-state index contributed by atoms with van der Waals surface area (Å²) in [5.74, 6) is -0.601. The lowest BCUT2D eigenvalue weighted by Gasteiger charge is -1.81. The molecular weight excluding hydrogens is 188 g/mol. The van der Waals surface area contributed by atoms with E-state index in [-0.39, 0.29) is 5.69 Å². The number of nitrogens with one attached hydrogen (secondary N) is 1. The van der Waals surface area contributed by atoms with Crippen molar-refractivity contribution in [1.29, 1.82) is 0 Å². The molecule has 9 heavy (non-hydrogen) atoms. The van der Waals surface area contributed by atoms with Gasteiger partial charge >= 0.3 is 0 Å². The van der Waals surface area contributed by atoms with E-state index in [2.05, 4.69) is 31.3 Å². The van der Waals surface area contributed by atoms with Crippen molar-refractivity contribution in [3.05, 3.63) is 10.3 Å². The number of amides is 1. The Hall–Kier alpha value is -0.910. The Morgan fingerprint density at radius 3 is 2.56 bits per heavy atom. The fourth-order valence-corrected chi connectivity index (χ4v) is 0.738. The van der Waals surface area contributed by atoms with Crippen molar-refractivity contribution in [2.75, 3.05) is 0 Å². The first-order chi connectivity index (χ1) is 4.22. The molecule has 0 fully saturated rings. The Balaban J connectivity index is 3.08. The summed E-state index contributed by atoms with van der Waals surface area (Å²) < 4.78 is 0.343. The summed E-state index contributed by atoms with van der Waals surface area (Å²) in [6, 6.07) is 0. The minimum absolute atomic E-state index is 0.120. The van der Waals surface area contributed by atoms with Crippen LogP contribution < -0.4 is 5.73 Å². The molecular formula is C3H3BrN4O. The minimum atomic E-state index is -0.601. The summed E-state index contributed by atoms with van der Waals surface area (Å²) in [5.41, 5.74) is 4.99. The number of hydrogen-bond acceptors (Lipinski definition) is 3. The van der Waals surface area contributed by atoms with Crippen molar-refractivity contribution >= 4 is 21.8 Å². The predicted octanol–water partition coefficient (Wildman–Crippen LogP) is -0.334. The Morgan fingerprint density at radius 2 is 2.33 bits per heavy atom. The molecule has 1 rings (SSSR count). The highest BCUT2D eigenvalue weighted by atomic mass is 79.9. The summed E-state index contributed by atoms with van der Waals surface area (Å²) >= 11 is 2.96. The standard InChI is InChI=1S/C3H3BrN4O/c4-2-1(3(5)9)6-8-7-2/h(H2,5,9)(H,6,7,8). The van der Waals surface area contributed by atoms with Crippen molar-refractivity contribution in [1.82, 2.24) is 15.4 Å². The first kappa shape index (κ1) is 6.21. The highest BCUT2D eigenvalue weighted by Crippen LogP contribution is 2.06. The van der Waals surface area contributed by atoms with Crippen molar-refractivity contribution in [2.24, 2.45) is 5.73 Å². The number of primary amides is 1. The molecule has 1 heterocycles. The molecule has 48 valence electrons. The molecule has 3 N–H and O–H groups in total. The Labute approximate surface area is 58.8 Å². The molecule has 1 aromatic rings. The van der Waals surface area contributed by atoms with Crippen LogP contribution in [0.4, 0.5) is 0 Å². The van der Waals surface area contributed by atoms with Crippen LogP contribution in [0.3, 0.4) is 0 Å². The number of carbonyl (C=O) groups is 1. The zero-order chi connectivity index (χ0) is 6.85. The second-order valence-corrected chi connectivity index (χ2v) is 2.08. The number of rotatable bonds is 1. The van der Waals surface area contributed by atoms with Crippen LogP contribution in [0.2, 0.25) is 0 Å². The maximum Gasteiger partial charge on any atom is 0.272 e. The van der Waals surface area contributed by atoms with Gasteiger partial charge in [-0.05, 0) is 15.9 Å². The molecule has 0 saturated heterocycles. The van der Waals surface area contributed by atoms with Gasteiger partial charge in [-0.2, -0.15) is 5.21 Å². The predicted molar refractivity (Wildman–Crippen MR) is 32.6 cm³/mol. The summed E-state index contributed by atoms with van der Waals surface area (Å²) in [6.45, 7) is 0. The number of aromatic amines is 1. The monoisotopic (exact) mass is 190 g/mol. The quantitative estimate of drug-likeness (QED) is 0.636. The highest BCUT2D eigenvalue weighted by Gasteiger charge is 2.08. The first-order valence-corrected chi connectivity index (χ1v) is 2.87. The molecule has 0 bridgehead atoms. The Bertz CT molecular complexity index is 231. The molecule has 0 aliphatic heterocycles. The van der Waals surface area contributed by atoms with Crippen LogP contribution in [0.5, 0.6) is 0 Å². The number of H-pyrrole nitrogens is 1. The molecule has 5 nitrogen and oxygen atoms in total. The Morgan fingerprint density at radius 1 is 1.67 bits per heavy atom. The lowest BCUT2D eigenvalue weighted by molar-refractivity contribution is 0.0995. The molecule has 0 atom stereocenters. The van der Waals surface area contributed by atoms with E-state index >= 15 is 0 Å². The molecule has 6 heteroatoms. The largest absolute Gasteiger partial charge is 0.364 e. The van der Waals surface area contributed by atoms with E-state index in [4.69, 9.17) is 5.73 Å². The lowest BCUT2D eigenvalue weighted by Crippen LogP contribution is -2.11. The van der Waals surface area contributed by atoms with Crippen LogP contribution in [0.1, 0.15) is 10.5 Å². The third-order valence-corrected chi connectivity index (χ3v) is 1.29. The Kier molecular flexibility index (Phi) is 1.48. The van der Waals surface area contributed by atoms with Gasteiger partial charge in [0, 0.05) is 0 Å². The van der Waals surface area contributed by atoms with Crippen molar-refractivity contribution in [2.45, 2.75) is 0 Å². The third kappa shape index (κ3) is 1.07. The van der Waals surface area contributed by atoms with E-state index in [0.717, 1.165) is 0 Å². The summed E-state index contributed by atoms with van der Waals surface area (Å²) in [6.07, 6.45) is 0. The van der Waals surface area contributed by atoms with E-state index in [1.54, 1.807) is 0 Å². The molecule has 1 aromatic heterocycles. The average Bonchev–Trinajstić information content (AvgIpc) is 2.13. The topological polar surface area (TPSA) is 84.7 Å². The van der Waals surface area contributed by atoms with Crippen molar-refractivity contribution < 1.29 is 4.79 Å². The second kappa shape index (κ2) is 2.14. The van der Waals surface area contributed by atoms with Crippen LogP contribution in [-0.2, 0) is 0 Å². The normalized spacial score (nSPS) is 9.44. The van der Waals surface area contributed by atoms with Gasteiger partial charge in [0.2, 0.25) is 0 Å². The lowest BCUT2D eigenvalue weighted by atomic mass is 10.5. The van der Waals surface area contributed by atoms with Gasteiger partial charge in [-0.1, -0.05) is 0 Å². The van der Waals surface area contributed by atoms with Crippen molar-refractivity contribution in [3.63, 3.8) is 0 Å². The van der Waals surface area contributed by atoms with E-state index in [1.165, 1.54) is 0 Å². The van der Waals surface area contributed by atoms with E-state index < -0.39 is 5.91 Å². The van der Waals surface area contributed by atoms with Gasteiger partial charge in [-0.25, -0.2) is 0 Å². The molecule has 0 aromatic carbocycles. The van der Waals surface area contributed by atoms with E-state index in [9.17, 15) is 4.79 Å². The average molecular weight is 191 g/mol. The van der Waals surface area contributed by atoms with Crippen molar-refractivity contribution in [3.8, 4) is 0 Å². The summed E-state index contributed by atoms with van der Waals surface area (Å²) in [7, 11) is 0. The fourth-order valence-electron chi connectivity index (χ4n) is 0.375. The number of hydrogen-bond donors (Lipinski definition) is 2. The van der Waals surface area contributed by atoms with Gasteiger partial charge in [-0.15, -0.1) is 10.2 Å². The molecule has 0 unspecified atom stereocenters. The maximum absolute atomic E-state index is 10.4. The number of nitrogens with zero attached hydrogens (tertiary/aromatic N) is 2. The molecule has 0 saturated carbocycles. The third-order valence-electron chi connectivity index (χ3n) is 0.739. The zero-order valence-corrected chi connectivity index (χ0v) is 5.84. The SMILES string of the molecule is NC(=O)c1n[nH]nc1Br. The summed E-state index contributed by atoms with van der Waals surface area (Å²) in [5, 5.41) is 9.21. The van der Waals surface area contributed by atoms with Crippen LogP contribution in [-0.4, -0.2) is 21.3 Å². The van der Waals surface area contributed by atoms with Crippen LogP contribution in [0.15, 0.2) is 4.60 Å². The van der Waals surface area contributed by atoms with Crippen LogP contribution in [0, 0.1) is 0 Å². The number of nitrogens with two attached hydrogens (primary N) is 1. The van der Waals surface area contributed by atoms with Gasteiger partial charge in [0.25, 0.3) is 5.91 Å². The fraction of sp³-hybridized carbons (Fsp3) is 0. The van der Waals surface area contributed by atoms with Gasteiger partial charge in [-0.3, -0.25) is 4.79 Å². The van der Waals surface area contributed by atoms with Gasteiger partial charge in [0.15, 0.2) is 10.3 Å². The second-order valence-electron chi connectivity index (χ2n) is 1.33. The van der Waals surface area contributed by atoms with E-state index in [0.29, 0.717) is 4.60 Å². The first-order valence-electron chi connectivity index (χ1n) is 2.08. The molecule has 0 spiro atoms. The molecule has 0 aliphatic rings. The maximum atomic E-state index is 10.4. The summed E-state index contributed by atoms with van der Waals surface area (Å²) in [4.78, 5) is 10.4. The van der Waals surface area contributed by atoms with Crippen LogP contribution >= 0.6 is 15.9 Å². The molecule has 0 radical (unpaired) electrons. The van der Waals surface area contributed by atoms with E-state index in [1.807, 2.05) is 0 Å². The zero-order valence-electron chi connectivity index (χ0n) is 4.26. The molecule has 0 aliphatic carbocycles. The number of halogens is 1. The minimum Gasteiger partial charge on any atom is -0.364 e. The van der Waals surface area contributed by atoms with Gasteiger partial charge in [0.1, 0.15) is 0 Å². The number of carbonyl (C=O) groups excluding carboxylic acids is 1.